The minimum absolute atomic E-state index is 0.00661. The van der Waals surface area contributed by atoms with Gasteiger partial charge in [-0.3, -0.25) is 0 Å². The van der Waals surface area contributed by atoms with Crippen molar-refractivity contribution < 1.29 is 64.8 Å². The molecule has 3 aromatic heterocycles. The van der Waals surface area contributed by atoms with E-state index in [1.54, 1.807) is 80.6 Å². The highest BCUT2D eigenvalue weighted by molar-refractivity contribution is 7.19. The molecule has 13 rings (SSSR count). The highest BCUT2D eigenvalue weighted by atomic mass is 32.1. The van der Waals surface area contributed by atoms with Gasteiger partial charge in [0.05, 0.1) is 61.2 Å². The van der Waals surface area contributed by atoms with Crippen LogP contribution in [0.4, 0.5) is 17.1 Å². The van der Waals surface area contributed by atoms with Crippen molar-refractivity contribution in [3.8, 4) is 128 Å². The average molecular weight is 1560 g/mol. The van der Waals surface area contributed by atoms with Crippen LogP contribution in [0.2, 0.25) is 0 Å². The standard InChI is InChI=1S/C36H35N3O5.C32H37N3O3S.C25H20N2O5/c1-5-31-32(22-14-16-28(17-15-22)39(6-2)7-3)38(4)34(37-31)27-20-29(23-10-8-12-25(18-23)35(41)42)33(40)30(21-27)24-11-9-13-26(19-24)36(43)44;1-7-34(8-2)24-15-11-22(12-16-24)28-30(23-13-17-25(18-14-23)35(9-3)10-4)39-31(33-28)26-19-20(5)29(36)21(6)27(26)32(37)38;1-13-11-19(12-14(2)22(13)28)23-26-20(15-3-7-17(8-4-15)24(29)30)21(27-23)16-5-9-18(10-6-16)25(31)32/h8-21,40H,5-7H2,1-4H3,(H,41,42)(H,43,44);11-19,36H,7-10H2,1-6H3,(H,37,38);3-12,28H,1-2H3,(H,26,27)(H,29,30)(H,31,32). The summed E-state index contributed by atoms with van der Waals surface area (Å²) in [6.45, 7) is 27.5. The van der Waals surface area contributed by atoms with Crippen molar-refractivity contribution in [2.45, 2.75) is 82.6 Å². The van der Waals surface area contributed by atoms with E-state index in [-0.39, 0.29) is 45.1 Å². The van der Waals surface area contributed by atoms with Crippen LogP contribution in [0, 0.1) is 27.7 Å². The molecule has 0 aliphatic heterocycles. The Bertz CT molecular complexity index is 5510. The Hall–Kier alpha value is -13.6. The molecule has 0 aliphatic rings. The van der Waals surface area contributed by atoms with Gasteiger partial charge in [-0.15, -0.1) is 11.3 Å². The second-order valence-electron chi connectivity index (χ2n) is 27.6. The summed E-state index contributed by atoms with van der Waals surface area (Å²) in [6, 6.07) is 59.9. The first-order valence-electron chi connectivity index (χ1n) is 38.0. The number of nitrogens with zero attached hydrogens (tertiary/aromatic N) is 7. The van der Waals surface area contributed by atoms with Gasteiger partial charge in [-0.2, -0.15) is 0 Å². The number of nitrogens with one attached hydrogen (secondary N) is 1. The van der Waals surface area contributed by atoms with Crippen molar-refractivity contribution in [3.63, 3.8) is 0 Å². The molecule has 10 aromatic carbocycles. The normalized spacial score (nSPS) is 11.0. The third kappa shape index (κ3) is 17.7. The van der Waals surface area contributed by atoms with E-state index in [0.717, 1.165) is 117 Å². The number of carboxylic acids is 5. The lowest BCUT2D eigenvalue weighted by atomic mass is 9.93. The van der Waals surface area contributed by atoms with Crippen LogP contribution >= 0.6 is 11.3 Å². The van der Waals surface area contributed by atoms with Gasteiger partial charge in [-0.1, -0.05) is 91.9 Å². The minimum Gasteiger partial charge on any atom is -0.507 e. The van der Waals surface area contributed by atoms with Gasteiger partial charge in [-0.05, 0) is 224 Å². The minimum atomic E-state index is -1.08. The molecule has 9 N–H and O–H groups in total. The van der Waals surface area contributed by atoms with Crippen LogP contribution in [-0.2, 0) is 13.5 Å². The van der Waals surface area contributed by atoms with Crippen LogP contribution < -0.4 is 14.7 Å². The fraction of sp³-hybridized carbons (Fsp3) is 0.204. The predicted octanol–water partition coefficient (Wildman–Crippen LogP) is 20.6. The van der Waals surface area contributed by atoms with Crippen LogP contribution in [0.5, 0.6) is 17.2 Å². The number of hydrogen-bond donors (Lipinski definition) is 9. The lowest BCUT2D eigenvalue weighted by molar-refractivity contribution is 0.0685. The molecule has 588 valence electrons. The number of aromatic carboxylic acids is 5. The number of benzene rings is 10. The highest BCUT2D eigenvalue weighted by Crippen LogP contribution is 2.47. The maximum atomic E-state index is 12.3. The van der Waals surface area contributed by atoms with Crippen molar-refractivity contribution in [2.75, 3.05) is 54.0 Å². The lowest BCUT2D eigenvalue weighted by Gasteiger charge is -2.21. The largest absolute Gasteiger partial charge is 0.507 e. The third-order valence-electron chi connectivity index (χ3n) is 20.6. The summed E-state index contributed by atoms with van der Waals surface area (Å²) in [6.07, 6.45) is 0.695. The summed E-state index contributed by atoms with van der Waals surface area (Å²) in [7, 11) is 1.96. The molecule has 22 heteroatoms. The molecular formula is C93H92N8O13S. The molecule has 3 heterocycles. The van der Waals surface area contributed by atoms with Crippen molar-refractivity contribution in [3.05, 3.63) is 256 Å². The monoisotopic (exact) mass is 1560 g/mol. The Balaban J connectivity index is 0.000000172. The van der Waals surface area contributed by atoms with E-state index in [2.05, 4.69) is 141 Å². The van der Waals surface area contributed by atoms with E-state index in [0.29, 0.717) is 84.5 Å². The zero-order valence-electron chi connectivity index (χ0n) is 66.2. The molecule has 115 heavy (non-hydrogen) atoms. The van der Waals surface area contributed by atoms with Crippen LogP contribution in [0.3, 0.4) is 0 Å². The molecule has 0 bridgehead atoms. The lowest BCUT2D eigenvalue weighted by Crippen LogP contribution is -2.21. The Morgan fingerprint density at radius 2 is 0.809 bits per heavy atom. The van der Waals surface area contributed by atoms with Gasteiger partial charge >= 0.3 is 29.8 Å². The molecule has 0 atom stereocenters. The van der Waals surface area contributed by atoms with E-state index in [1.165, 1.54) is 59.9 Å². The number of rotatable bonds is 25. The molecule has 0 radical (unpaired) electrons. The SMILES string of the molecule is CCN(CC)c1ccc(-c2nc(-c3cc(C)c(O)c(C)c3C(=O)O)sc2-c2ccc(N(CC)CC)cc2)cc1.CCc1nc(-c2cc(-c3cccc(C(=O)O)c3)c(O)c(-c3cccc(C(=O)O)c3)c2)n(C)c1-c1ccc(N(CC)CC)cc1.Cc1cc(-c2nc(-c3ccc(C(=O)O)cc3)c(-c3ccc(C(=O)O)cc3)[nH]2)cc(C)c1O. The summed E-state index contributed by atoms with van der Waals surface area (Å²) in [4.78, 5) is 84.3. The first-order chi connectivity index (χ1) is 55.1. The first kappa shape index (κ1) is 82.4. The smallest absolute Gasteiger partial charge is 0.336 e. The number of imidazole rings is 2. The van der Waals surface area contributed by atoms with Crippen LogP contribution in [-0.4, -0.2) is 134 Å². The van der Waals surface area contributed by atoms with Gasteiger partial charge < -0.3 is 65.1 Å². The molecule has 0 spiro atoms. The zero-order valence-corrected chi connectivity index (χ0v) is 67.0. The van der Waals surface area contributed by atoms with E-state index >= 15 is 0 Å². The number of H-pyrrole nitrogens is 1. The number of aryl methyl sites for hydroxylation is 4. The zero-order chi connectivity index (χ0) is 82.8. The third-order valence-corrected chi connectivity index (χ3v) is 21.7. The number of phenolic OH excluding ortho intramolecular Hbond substituents is 3. The van der Waals surface area contributed by atoms with E-state index in [1.807, 2.05) is 37.6 Å². The second-order valence-corrected chi connectivity index (χ2v) is 28.6. The Morgan fingerprint density at radius 3 is 1.24 bits per heavy atom. The maximum Gasteiger partial charge on any atom is 0.336 e. The summed E-state index contributed by atoms with van der Waals surface area (Å²) >= 11 is 1.48. The van der Waals surface area contributed by atoms with Gasteiger partial charge in [0, 0.05) is 119 Å². The van der Waals surface area contributed by atoms with E-state index < -0.39 is 29.8 Å². The number of hydrogen-bond acceptors (Lipinski definition) is 15. The molecule has 21 nitrogen and oxygen atoms in total. The van der Waals surface area contributed by atoms with E-state index in [4.69, 9.17) is 15.0 Å². The number of carbonyl (C=O) groups is 5. The van der Waals surface area contributed by atoms with Crippen molar-refractivity contribution in [2.24, 2.45) is 7.05 Å². The number of aromatic amines is 1. The van der Waals surface area contributed by atoms with E-state index in [9.17, 15) is 64.8 Å². The molecule has 0 aliphatic carbocycles. The summed E-state index contributed by atoms with van der Waals surface area (Å²) in [5.41, 5.74) is 18.8. The quantitative estimate of drug-likeness (QED) is 0.0257. The number of aromatic nitrogens is 5. The second kappa shape index (κ2) is 35.8. The summed E-state index contributed by atoms with van der Waals surface area (Å²) in [5.74, 6) is -3.88. The van der Waals surface area contributed by atoms with Crippen molar-refractivity contribution >= 4 is 58.2 Å². The molecule has 0 amide bonds. The van der Waals surface area contributed by atoms with Crippen molar-refractivity contribution in [1.82, 2.24) is 24.5 Å². The Kier molecular flexibility index (Phi) is 25.7. The average Bonchev–Trinajstić information content (AvgIpc) is 1.71. The van der Waals surface area contributed by atoms with Crippen LogP contribution in [0.15, 0.2) is 200 Å². The molecule has 0 fully saturated rings. The fourth-order valence-electron chi connectivity index (χ4n) is 14.3. The number of carboxylic acid groups (broad SMARTS) is 5. The molecule has 13 aromatic rings. The molecule has 0 saturated carbocycles. The van der Waals surface area contributed by atoms with Crippen LogP contribution in [0.25, 0.3) is 111 Å². The number of thiazole rings is 1. The Labute approximate surface area is 671 Å². The summed E-state index contributed by atoms with van der Waals surface area (Å²) in [5, 5.41) is 80.4. The maximum absolute atomic E-state index is 12.3. The van der Waals surface area contributed by atoms with Gasteiger partial charge in [0.25, 0.3) is 0 Å². The van der Waals surface area contributed by atoms with Gasteiger partial charge in [0.2, 0.25) is 0 Å². The number of aromatic hydroxyl groups is 3. The molecule has 0 unspecified atom stereocenters. The van der Waals surface area contributed by atoms with Crippen LogP contribution in [0.1, 0.15) is 128 Å². The summed E-state index contributed by atoms with van der Waals surface area (Å²) < 4.78 is 2.03. The molecular weight excluding hydrogens is 1470 g/mol. The van der Waals surface area contributed by atoms with Gasteiger partial charge in [-0.25, -0.2) is 38.9 Å². The number of anilines is 3. The number of phenols is 3. The molecule has 0 saturated heterocycles. The van der Waals surface area contributed by atoms with Gasteiger partial charge in [0.1, 0.15) is 33.9 Å². The fourth-order valence-corrected chi connectivity index (χ4v) is 15.4. The topological polar surface area (TPSA) is 316 Å². The predicted molar refractivity (Wildman–Crippen MR) is 457 cm³/mol. The first-order valence-corrected chi connectivity index (χ1v) is 38.8. The van der Waals surface area contributed by atoms with Gasteiger partial charge in [0.15, 0.2) is 0 Å². The van der Waals surface area contributed by atoms with Crippen molar-refractivity contribution in [1.29, 1.82) is 0 Å². The highest BCUT2D eigenvalue weighted by Gasteiger charge is 2.27. The Morgan fingerprint density at radius 1 is 0.391 bits per heavy atom.